The molecule has 0 aromatic heterocycles. The van der Waals surface area contributed by atoms with Crippen LogP contribution < -0.4 is 0 Å². The highest BCUT2D eigenvalue weighted by Gasteiger charge is 2.12. The van der Waals surface area contributed by atoms with Crippen LogP contribution in [0.15, 0.2) is 30.3 Å². The number of carbonyl (C=O) groups is 2. The molecule has 13 heavy (non-hydrogen) atoms. The zero-order chi connectivity index (χ0) is 9.68. The summed E-state index contributed by atoms with van der Waals surface area (Å²) in [5.41, 5.74) is 1.02. The van der Waals surface area contributed by atoms with E-state index in [-0.39, 0.29) is 5.78 Å². The summed E-state index contributed by atoms with van der Waals surface area (Å²) < 4.78 is 0. The minimum absolute atomic E-state index is 0.0705. The quantitative estimate of drug-likeness (QED) is 0.516. The molecule has 0 amide bonds. The van der Waals surface area contributed by atoms with E-state index in [0.717, 1.165) is 11.8 Å². The molecule has 68 valence electrons. The van der Waals surface area contributed by atoms with Crippen LogP contribution >= 0.6 is 0 Å². The van der Waals surface area contributed by atoms with Gasteiger partial charge in [0.05, 0.1) is 5.92 Å². The number of carbonyl (C=O) groups excluding carboxylic acids is 2. The molecular weight excluding hydrogens is 164 g/mol. The second-order valence-corrected chi connectivity index (χ2v) is 3.04. The van der Waals surface area contributed by atoms with Crippen LogP contribution in [-0.2, 0) is 16.0 Å². The van der Waals surface area contributed by atoms with Gasteiger partial charge >= 0.3 is 0 Å². The first-order chi connectivity index (χ1) is 6.24. The van der Waals surface area contributed by atoms with Gasteiger partial charge in [0.25, 0.3) is 0 Å². The standard InChI is InChI=1S/C11H12O2/c1-9(13)11(8-12)7-10-5-3-2-4-6-10/h2-6,8,11H,7H2,1H3/t11-/m1/s1. The van der Waals surface area contributed by atoms with Gasteiger partial charge < -0.3 is 4.79 Å². The van der Waals surface area contributed by atoms with Gasteiger partial charge in [-0.2, -0.15) is 0 Å². The smallest absolute Gasteiger partial charge is 0.140 e. The van der Waals surface area contributed by atoms with E-state index < -0.39 is 5.92 Å². The molecule has 1 atom stereocenters. The second kappa shape index (κ2) is 4.55. The minimum Gasteiger partial charge on any atom is -0.303 e. The lowest BCUT2D eigenvalue weighted by Crippen LogP contribution is -2.15. The van der Waals surface area contributed by atoms with E-state index >= 15 is 0 Å². The molecule has 1 aromatic rings. The van der Waals surface area contributed by atoms with Gasteiger partial charge in [-0.1, -0.05) is 30.3 Å². The van der Waals surface area contributed by atoms with Gasteiger partial charge in [-0.05, 0) is 18.9 Å². The van der Waals surface area contributed by atoms with Crippen molar-refractivity contribution in [3.8, 4) is 0 Å². The van der Waals surface area contributed by atoms with Crippen LogP contribution in [-0.4, -0.2) is 12.1 Å². The fourth-order valence-corrected chi connectivity index (χ4v) is 1.16. The van der Waals surface area contributed by atoms with Gasteiger partial charge in [0, 0.05) is 0 Å². The molecule has 1 rings (SSSR count). The summed E-state index contributed by atoms with van der Waals surface area (Å²) in [6.45, 7) is 1.45. The summed E-state index contributed by atoms with van der Waals surface area (Å²) >= 11 is 0. The summed E-state index contributed by atoms with van der Waals surface area (Å²) in [6.07, 6.45) is 1.23. The lowest BCUT2D eigenvalue weighted by Gasteiger charge is -2.05. The van der Waals surface area contributed by atoms with Gasteiger partial charge in [0.15, 0.2) is 0 Å². The Morgan fingerprint density at radius 3 is 2.46 bits per heavy atom. The number of hydrogen-bond acceptors (Lipinski definition) is 2. The number of ketones is 1. The third-order valence-electron chi connectivity index (χ3n) is 1.98. The van der Waals surface area contributed by atoms with E-state index in [1.807, 2.05) is 30.3 Å². The Hall–Kier alpha value is -1.44. The molecule has 0 saturated carbocycles. The third-order valence-corrected chi connectivity index (χ3v) is 1.98. The predicted octanol–water partition coefficient (Wildman–Crippen LogP) is 1.63. The van der Waals surface area contributed by atoms with Crippen LogP contribution in [0.5, 0.6) is 0 Å². The zero-order valence-corrected chi connectivity index (χ0v) is 7.57. The van der Waals surface area contributed by atoms with E-state index in [9.17, 15) is 9.59 Å². The van der Waals surface area contributed by atoms with Crippen LogP contribution in [0.2, 0.25) is 0 Å². The molecule has 0 aliphatic carbocycles. The summed E-state index contributed by atoms with van der Waals surface area (Å²) in [5.74, 6) is -0.554. The maximum atomic E-state index is 10.9. The van der Waals surface area contributed by atoms with E-state index in [2.05, 4.69) is 0 Å². The molecule has 0 fully saturated rings. The van der Waals surface area contributed by atoms with E-state index in [1.165, 1.54) is 6.92 Å². The molecule has 0 N–H and O–H groups in total. The Kier molecular flexibility index (Phi) is 3.38. The van der Waals surface area contributed by atoms with Crippen molar-refractivity contribution in [3.05, 3.63) is 35.9 Å². The van der Waals surface area contributed by atoms with Gasteiger partial charge in [-0.3, -0.25) is 4.79 Å². The largest absolute Gasteiger partial charge is 0.303 e. The predicted molar refractivity (Wildman–Crippen MR) is 50.4 cm³/mol. The van der Waals surface area contributed by atoms with Gasteiger partial charge in [0.2, 0.25) is 0 Å². The fourth-order valence-electron chi connectivity index (χ4n) is 1.16. The summed E-state index contributed by atoms with van der Waals surface area (Å²) in [4.78, 5) is 21.5. The first-order valence-electron chi connectivity index (χ1n) is 4.23. The molecular formula is C11H12O2. The summed E-state index contributed by atoms with van der Waals surface area (Å²) in [7, 11) is 0. The van der Waals surface area contributed by atoms with Crippen molar-refractivity contribution in [1.82, 2.24) is 0 Å². The van der Waals surface area contributed by atoms with Crippen LogP contribution in [0.4, 0.5) is 0 Å². The Bertz CT molecular complexity index is 290. The third kappa shape index (κ3) is 2.82. The number of rotatable bonds is 4. The van der Waals surface area contributed by atoms with Crippen LogP contribution in [0, 0.1) is 5.92 Å². The van der Waals surface area contributed by atoms with Gasteiger partial charge in [-0.25, -0.2) is 0 Å². The second-order valence-electron chi connectivity index (χ2n) is 3.04. The van der Waals surface area contributed by atoms with Crippen molar-refractivity contribution < 1.29 is 9.59 Å². The number of benzene rings is 1. The average molecular weight is 176 g/mol. The molecule has 0 spiro atoms. The van der Waals surface area contributed by atoms with Crippen molar-refractivity contribution in [1.29, 1.82) is 0 Å². The topological polar surface area (TPSA) is 34.1 Å². The molecule has 0 aliphatic heterocycles. The molecule has 0 saturated heterocycles. The monoisotopic (exact) mass is 176 g/mol. The average Bonchev–Trinajstić information content (AvgIpc) is 2.15. The zero-order valence-electron chi connectivity index (χ0n) is 7.57. The summed E-state index contributed by atoms with van der Waals surface area (Å²) in [6, 6.07) is 9.54. The normalized spacial score (nSPS) is 12.1. The fraction of sp³-hybridized carbons (Fsp3) is 0.273. The maximum absolute atomic E-state index is 10.9. The molecule has 0 aliphatic rings. The van der Waals surface area contributed by atoms with Gasteiger partial charge in [0.1, 0.15) is 12.1 Å². The maximum Gasteiger partial charge on any atom is 0.140 e. The Labute approximate surface area is 77.6 Å². The van der Waals surface area contributed by atoms with Crippen molar-refractivity contribution in [3.63, 3.8) is 0 Å². The lowest BCUT2D eigenvalue weighted by molar-refractivity contribution is -0.125. The highest BCUT2D eigenvalue weighted by molar-refractivity contribution is 5.91. The van der Waals surface area contributed by atoms with E-state index in [1.54, 1.807) is 0 Å². The highest BCUT2D eigenvalue weighted by Crippen LogP contribution is 2.07. The molecule has 2 nitrogen and oxygen atoms in total. The van der Waals surface area contributed by atoms with Gasteiger partial charge in [-0.15, -0.1) is 0 Å². The van der Waals surface area contributed by atoms with Crippen LogP contribution in [0.25, 0.3) is 0 Å². The first-order valence-corrected chi connectivity index (χ1v) is 4.23. The molecule has 2 heteroatoms. The number of hydrogen-bond donors (Lipinski definition) is 0. The van der Waals surface area contributed by atoms with Crippen LogP contribution in [0.1, 0.15) is 12.5 Å². The summed E-state index contributed by atoms with van der Waals surface area (Å²) in [5, 5.41) is 0. The molecule has 0 bridgehead atoms. The van der Waals surface area contributed by atoms with E-state index in [4.69, 9.17) is 0 Å². The Morgan fingerprint density at radius 2 is 2.00 bits per heavy atom. The van der Waals surface area contributed by atoms with Crippen molar-refractivity contribution in [2.45, 2.75) is 13.3 Å². The highest BCUT2D eigenvalue weighted by atomic mass is 16.1. The minimum atomic E-state index is -0.484. The Morgan fingerprint density at radius 1 is 1.38 bits per heavy atom. The number of aldehydes is 1. The SMILES string of the molecule is CC(=O)[C@@H](C=O)Cc1ccccc1. The van der Waals surface area contributed by atoms with Crippen LogP contribution in [0.3, 0.4) is 0 Å². The first kappa shape index (κ1) is 9.65. The lowest BCUT2D eigenvalue weighted by atomic mass is 9.98. The molecule has 0 radical (unpaired) electrons. The van der Waals surface area contributed by atoms with E-state index in [0.29, 0.717) is 6.42 Å². The molecule has 1 aromatic carbocycles. The Balaban J connectivity index is 2.67. The molecule has 0 heterocycles. The molecule has 0 unspecified atom stereocenters. The van der Waals surface area contributed by atoms with Crippen molar-refractivity contribution >= 4 is 12.1 Å². The van der Waals surface area contributed by atoms with Crippen molar-refractivity contribution in [2.75, 3.05) is 0 Å². The number of Topliss-reactive ketones (excluding diaryl/α,β-unsaturated/α-hetero) is 1. The van der Waals surface area contributed by atoms with Crippen molar-refractivity contribution in [2.24, 2.45) is 5.92 Å².